The molecule has 2 heterocycles. The number of amides is 1. The van der Waals surface area contributed by atoms with Crippen molar-refractivity contribution in [3.63, 3.8) is 0 Å². The summed E-state index contributed by atoms with van der Waals surface area (Å²) in [6.07, 6.45) is 4.92. The fourth-order valence-corrected chi connectivity index (χ4v) is 5.29. The van der Waals surface area contributed by atoms with Crippen molar-refractivity contribution >= 4 is 45.2 Å². The van der Waals surface area contributed by atoms with Crippen LogP contribution < -0.4 is 14.9 Å². The number of ether oxygens (including phenoxy) is 2. The monoisotopic (exact) mass is 579 g/mol. The van der Waals surface area contributed by atoms with E-state index in [0.717, 1.165) is 57.5 Å². The van der Waals surface area contributed by atoms with E-state index in [4.69, 9.17) is 21.1 Å². The number of likely N-dealkylation sites (tertiary alicyclic amines) is 1. The molecule has 35 heavy (non-hydrogen) atoms. The first-order valence-electron chi connectivity index (χ1n) is 11.3. The zero-order valence-corrected chi connectivity index (χ0v) is 22.5. The van der Waals surface area contributed by atoms with Gasteiger partial charge in [0.15, 0.2) is 18.1 Å². The summed E-state index contributed by atoms with van der Waals surface area (Å²) in [4.78, 5) is 14.4. The van der Waals surface area contributed by atoms with Crippen LogP contribution in [0, 0.1) is 0 Å². The van der Waals surface area contributed by atoms with Gasteiger partial charge in [0, 0.05) is 23.9 Å². The number of hydrogen-bond acceptors (Lipinski definition) is 7. The van der Waals surface area contributed by atoms with Crippen LogP contribution in [0.1, 0.15) is 30.4 Å². The highest BCUT2D eigenvalue weighted by atomic mass is 79.9. The fourth-order valence-electron chi connectivity index (χ4n) is 3.72. The summed E-state index contributed by atoms with van der Waals surface area (Å²) in [6, 6.07) is 11.6. The van der Waals surface area contributed by atoms with E-state index in [1.807, 2.05) is 41.3 Å². The average molecular weight is 581 g/mol. The van der Waals surface area contributed by atoms with Crippen molar-refractivity contribution < 1.29 is 14.3 Å². The molecule has 1 amide bonds. The first-order valence-corrected chi connectivity index (χ1v) is 13.5. The van der Waals surface area contributed by atoms with Gasteiger partial charge in [-0.15, -0.1) is 10.2 Å². The van der Waals surface area contributed by atoms with Crippen LogP contribution in [0.25, 0.3) is 0 Å². The van der Waals surface area contributed by atoms with Crippen molar-refractivity contribution in [2.75, 3.05) is 32.2 Å². The molecule has 1 aliphatic rings. The molecule has 1 saturated heterocycles. The predicted molar refractivity (Wildman–Crippen MR) is 141 cm³/mol. The number of hydrogen-bond donors (Lipinski definition) is 1. The summed E-state index contributed by atoms with van der Waals surface area (Å²) in [5.74, 6) is 1.83. The molecular formula is C24H27BrClN5O3S. The van der Waals surface area contributed by atoms with E-state index < -0.39 is 0 Å². The third-order valence-electron chi connectivity index (χ3n) is 5.59. The molecule has 186 valence electrons. The Morgan fingerprint density at radius 2 is 1.94 bits per heavy atom. The van der Waals surface area contributed by atoms with Crippen molar-refractivity contribution in [3.05, 3.63) is 63.3 Å². The molecule has 2 aromatic carbocycles. The largest absolute Gasteiger partial charge is 0.493 e. The van der Waals surface area contributed by atoms with Gasteiger partial charge < -0.3 is 19.8 Å². The molecule has 1 aliphatic heterocycles. The maximum atomic E-state index is 12.5. The molecule has 1 aromatic heterocycles. The van der Waals surface area contributed by atoms with Gasteiger partial charge in [0.1, 0.15) is 6.33 Å². The van der Waals surface area contributed by atoms with E-state index in [-0.39, 0.29) is 12.5 Å². The van der Waals surface area contributed by atoms with Gasteiger partial charge in [0.25, 0.3) is 5.91 Å². The third kappa shape index (κ3) is 7.05. The second kappa shape index (κ2) is 12.5. The first kappa shape index (κ1) is 25.7. The van der Waals surface area contributed by atoms with E-state index in [0.29, 0.717) is 18.0 Å². The van der Waals surface area contributed by atoms with Gasteiger partial charge in [-0.25, -0.2) is 4.68 Å². The van der Waals surface area contributed by atoms with Crippen LogP contribution in [0.3, 0.4) is 0 Å². The molecule has 0 unspecified atom stereocenters. The van der Waals surface area contributed by atoms with E-state index in [1.165, 1.54) is 6.42 Å². The lowest BCUT2D eigenvalue weighted by Gasteiger charge is -2.26. The zero-order chi connectivity index (χ0) is 24.6. The molecule has 0 spiro atoms. The summed E-state index contributed by atoms with van der Waals surface area (Å²) < 4.78 is 13.9. The zero-order valence-electron chi connectivity index (χ0n) is 19.4. The normalized spacial score (nSPS) is 13.5. The Morgan fingerprint density at radius 1 is 1.17 bits per heavy atom. The third-order valence-corrected chi connectivity index (χ3v) is 7.44. The number of rotatable bonds is 10. The number of benzene rings is 2. The Balaban J connectivity index is 1.35. The van der Waals surface area contributed by atoms with E-state index >= 15 is 0 Å². The quantitative estimate of drug-likeness (QED) is 0.333. The number of carbonyl (C=O) groups is 1. The van der Waals surface area contributed by atoms with Crippen LogP contribution in [0.2, 0.25) is 5.02 Å². The molecule has 0 saturated carbocycles. The molecule has 1 fully saturated rings. The molecule has 0 bridgehead atoms. The number of aromatic nitrogens is 3. The van der Waals surface area contributed by atoms with Gasteiger partial charge in [0.05, 0.1) is 18.1 Å². The number of halogens is 2. The fraction of sp³-hybridized carbons (Fsp3) is 0.375. The van der Waals surface area contributed by atoms with Crippen LogP contribution >= 0.6 is 39.3 Å². The van der Waals surface area contributed by atoms with E-state index in [2.05, 4.69) is 31.6 Å². The van der Waals surface area contributed by atoms with Crippen LogP contribution in [0.4, 0.5) is 0 Å². The van der Waals surface area contributed by atoms with Gasteiger partial charge in [-0.2, -0.15) is 0 Å². The second-order valence-electron chi connectivity index (χ2n) is 8.07. The van der Waals surface area contributed by atoms with Crippen molar-refractivity contribution in [2.45, 2.75) is 36.7 Å². The Bertz CT molecular complexity index is 1140. The van der Waals surface area contributed by atoms with E-state index in [1.54, 1.807) is 29.9 Å². The van der Waals surface area contributed by atoms with Gasteiger partial charge in [-0.3, -0.25) is 4.79 Å². The number of piperidine rings is 1. The van der Waals surface area contributed by atoms with Crippen molar-refractivity contribution in [1.82, 2.24) is 19.8 Å². The molecule has 0 radical (unpaired) electrons. The summed E-state index contributed by atoms with van der Waals surface area (Å²) in [5.41, 5.74) is 5.43. The Kier molecular flexibility index (Phi) is 9.17. The Labute approximate surface area is 222 Å². The highest BCUT2D eigenvalue weighted by Crippen LogP contribution is 2.37. The smallest absolute Gasteiger partial charge is 0.260 e. The molecule has 1 N–H and O–H groups in total. The Hall–Kier alpha value is -2.43. The lowest BCUT2D eigenvalue weighted by Crippen LogP contribution is -2.38. The molecule has 3 aromatic rings. The predicted octanol–water partition coefficient (Wildman–Crippen LogP) is 5.13. The maximum absolute atomic E-state index is 12.5. The number of nitrogens with zero attached hydrogens (tertiary/aromatic N) is 4. The van der Waals surface area contributed by atoms with Crippen LogP contribution in [-0.4, -0.2) is 52.5 Å². The molecule has 8 nitrogen and oxygen atoms in total. The summed E-state index contributed by atoms with van der Waals surface area (Å²) in [6.45, 7) is 2.10. The Morgan fingerprint density at radius 3 is 2.69 bits per heavy atom. The topological polar surface area (TPSA) is 81.5 Å². The minimum atomic E-state index is -0.0124. The highest BCUT2D eigenvalue weighted by molar-refractivity contribution is 9.10. The van der Waals surface area contributed by atoms with Crippen molar-refractivity contribution in [1.29, 1.82) is 0 Å². The lowest BCUT2D eigenvalue weighted by molar-refractivity contribution is -0.134. The van der Waals surface area contributed by atoms with Crippen LogP contribution in [0.5, 0.6) is 11.5 Å². The van der Waals surface area contributed by atoms with Gasteiger partial charge >= 0.3 is 0 Å². The molecule has 0 atom stereocenters. The van der Waals surface area contributed by atoms with Gasteiger partial charge in [-0.1, -0.05) is 35.5 Å². The van der Waals surface area contributed by atoms with Crippen LogP contribution in [-0.2, 0) is 17.1 Å². The number of carbonyl (C=O) groups excluding carboxylic acids is 1. The SMILES string of the molecule is COc1cc(CNn2cnnc2SCc2ccc(Cl)cc2)cc(Br)c1OCC(=O)N1CCCCC1. The minimum absolute atomic E-state index is 0.000587. The summed E-state index contributed by atoms with van der Waals surface area (Å²) in [5, 5.41) is 9.70. The maximum Gasteiger partial charge on any atom is 0.260 e. The minimum Gasteiger partial charge on any atom is -0.493 e. The lowest BCUT2D eigenvalue weighted by atomic mass is 10.1. The van der Waals surface area contributed by atoms with Crippen LogP contribution in [0.15, 0.2) is 52.4 Å². The van der Waals surface area contributed by atoms with Crippen molar-refractivity contribution in [3.8, 4) is 11.5 Å². The average Bonchev–Trinajstić information content (AvgIpc) is 3.34. The van der Waals surface area contributed by atoms with E-state index in [9.17, 15) is 4.79 Å². The molecule has 11 heteroatoms. The standard InChI is InChI=1S/C24H27BrClN5O3S/c1-33-21-12-18(11-20(25)23(21)34-14-22(32)30-9-3-2-4-10-30)13-28-31-16-27-29-24(31)35-15-17-5-7-19(26)8-6-17/h5-8,11-12,16,28H,2-4,9-10,13-15H2,1H3. The molecule has 4 rings (SSSR count). The summed E-state index contributed by atoms with van der Waals surface area (Å²) in [7, 11) is 1.59. The first-order chi connectivity index (χ1) is 17.0. The number of thioether (sulfide) groups is 1. The van der Waals surface area contributed by atoms with Gasteiger partial charge in [0.2, 0.25) is 5.16 Å². The summed E-state index contributed by atoms with van der Waals surface area (Å²) >= 11 is 11.1. The molecule has 0 aliphatic carbocycles. The second-order valence-corrected chi connectivity index (χ2v) is 10.3. The van der Waals surface area contributed by atoms with Gasteiger partial charge in [-0.05, 0) is 70.6 Å². The number of methoxy groups -OCH3 is 1. The number of nitrogens with one attached hydrogen (secondary N) is 1. The van der Waals surface area contributed by atoms with Crippen molar-refractivity contribution in [2.24, 2.45) is 0 Å². The molecular weight excluding hydrogens is 554 g/mol. The highest BCUT2D eigenvalue weighted by Gasteiger charge is 2.19.